The van der Waals surface area contributed by atoms with Gasteiger partial charge in [0, 0.05) is 26.1 Å². The number of likely N-dealkylation sites (tertiary alicyclic amines) is 2. The Labute approximate surface area is 253 Å². The molecule has 2 aromatic rings. The van der Waals surface area contributed by atoms with E-state index in [1.807, 2.05) is 20.8 Å². The van der Waals surface area contributed by atoms with Crippen LogP contribution in [0.1, 0.15) is 45.9 Å². The van der Waals surface area contributed by atoms with Gasteiger partial charge in [-0.05, 0) is 54.1 Å². The highest BCUT2D eigenvalue weighted by molar-refractivity contribution is 6.01. The van der Waals surface area contributed by atoms with E-state index in [1.54, 1.807) is 24.0 Å². The molecule has 5 heterocycles. The number of aryl methyl sites for hydroxylation is 1. The largest absolute Gasteiger partial charge is 0.472 e. The lowest BCUT2D eigenvalue weighted by atomic mass is 9.77. The number of fused-ring (bicyclic) bond motifs is 6. The average molecular weight is 607 g/mol. The first-order valence-electron chi connectivity index (χ1n) is 15.1. The van der Waals surface area contributed by atoms with Crippen molar-refractivity contribution < 1.29 is 27.9 Å². The number of nitrogens with zero attached hydrogens (tertiary/aromatic N) is 6. The number of amides is 3. The minimum absolute atomic E-state index is 0.0413. The molecule has 14 heteroatoms. The van der Waals surface area contributed by atoms with Crippen LogP contribution in [-0.4, -0.2) is 85.7 Å². The number of aromatic nitrogens is 3. The predicted molar refractivity (Wildman–Crippen MR) is 151 cm³/mol. The number of ether oxygens (including phenoxy) is 1. The maximum Gasteiger partial charge on any atom is 0.316 e. The van der Waals surface area contributed by atoms with Crippen molar-refractivity contribution in [2.24, 2.45) is 29.1 Å². The minimum Gasteiger partial charge on any atom is -0.472 e. The van der Waals surface area contributed by atoms with Crippen LogP contribution < -0.4 is 15.4 Å². The van der Waals surface area contributed by atoms with Gasteiger partial charge in [0.2, 0.25) is 23.3 Å². The van der Waals surface area contributed by atoms with Crippen LogP contribution in [0.5, 0.6) is 5.75 Å². The summed E-state index contributed by atoms with van der Waals surface area (Å²) in [7, 11) is 0. The van der Waals surface area contributed by atoms with Crippen molar-refractivity contribution in [3.63, 3.8) is 0 Å². The first-order valence-corrected chi connectivity index (χ1v) is 15.1. The van der Waals surface area contributed by atoms with E-state index >= 15 is 4.39 Å². The molecule has 7 rings (SSSR count). The number of rotatable bonds is 4. The summed E-state index contributed by atoms with van der Waals surface area (Å²) in [5.41, 5.74) is -2.13. The summed E-state index contributed by atoms with van der Waals surface area (Å²) in [6, 6.07) is 2.77. The third-order valence-corrected chi connectivity index (χ3v) is 10.2. The molecule has 4 fully saturated rings. The summed E-state index contributed by atoms with van der Waals surface area (Å²) in [5, 5.41) is 23.9. The molecular formula is C30H35FN8O5. The first-order chi connectivity index (χ1) is 20.9. The lowest BCUT2D eigenvalue weighted by Gasteiger charge is -2.38. The fourth-order valence-corrected chi connectivity index (χ4v) is 8.22. The van der Waals surface area contributed by atoms with Gasteiger partial charge < -0.3 is 29.6 Å². The highest BCUT2D eigenvalue weighted by Gasteiger charge is 2.65. The third kappa shape index (κ3) is 4.30. The van der Waals surface area contributed by atoms with Crippen LogP contribution >= 0.6 is 0 Å². The molecule has 0 aromatic carbocycles. The number of carbonyl (C=O) groups is 3. The molecule has 44 heavy (non-hydrogen) atoms. The van der Waals surface area contributed by atoms with Gasteiger partial charge in [0.1, 0.15) is 24.3 Å². The fraction of sp³-hybridized carbons (Fsp3) is 0.633. The van der Waals surface area contributed by atoms with E-state index < -0.39 is 53.0 Å². The van der Waals surface area contributed by atoms with Gasteiger partial charge in [-0.1, -0.05) is 25.9 Å². The Hall–Kier alpha value is -4.28. The van der Waals surface area contributed by atoms with E-state index in [-0.39, 0.29) is 48.5 Å². The van der Waals surface area contributed by atoms with Gasteiger partial charge in [-0.25, -0.2) is 9.37 Å². The second kappa shape index (κ2) is 9.87. The molecular weight excluding hydrogens is 571 g/mol. The Kier molecular flexibility index (Phi) is 6.39. The zero-order valence-corrected chi connectivity index (χ0v) is 25.0. The Balaban J connectivity index is 1.23. The van der Waals surface area contributed by atoms with Gasteiger partial charge in [-0.15, -0.1) is 5.10 Å². The Morgan fingerprint density at radius 2 is 2.05 bits per heavy atom. The number of anilines is 2. The maximum absolute atomic E-state index is 15.3. The van der Waals surface area contributed by atoms with Crippen LogP contribution in [0.25, 0.3) is 0 Å². The van der Waals surface area contributed by atoms with Crippen molar-refractivity contribution in [3.05, 3.63) is 24.2 Å². The van der Waals surface area contributed by atoms with Crippen LogP contribution in [0.2, 0.25) is 0 Å². The molecule has 2 N–H and O–H groups in total. The molecule has 232 valence electrons. The van der Waals surface area contributed by atoms with Crippen molar-refractivity contribution in [2.45, 2.75) is 76.9 Å². The second-order valence-electron chi connectivity index (χ2n) is 13.9. The summed E-state index contributed by atoms with van der Waals surface area (Å²) in [6.45, 7) is 7.44. The van der Waals surface area contributed by atoms with Gasteiger partial charge in [0.05, 0.1) is 12.6 Å². The number of hydrogen-bond donors (Lipinski definition) is 2. The van der Waals surface area contributed by atoms with E-state index in [0.29, 0.717) is 31.0 Å². The molecule has 2 bridgehead atoms. The van der Waals surface area contributed by atoms with Crippen molar-refractivity contribution in [1.82, 2.24) is 25.0 Å². The summed E-state index contributed by atoms with van der Waals surface area (Å²) < 4.78 is 26.9. The monoisotopic (exact) mass is 606 g/mol. The summed E-state index contributed by atoms with van der Waals surface area (Å²) in [4.78, 5) is 49.5. The van der Waals surface area contributed by atoms with E-state index in [1.165, 1.54) is 11.1 Å². The van der Waals surface area contributed by atoms with Crippen molar-refractivity contribution in [3.8, 4) is 11.8 Å². The van der Waals surface area contributed by atoms with E-state index in [2.05, 4.69) is 31.9 Å². The van der Waals surface area contributed by atoms with Crippen molar-refractivity contribution >= 4 is 29.6 Å². The molecule has 2 saturated heterocycles. The zero-order valence-electron chi connectivity index (χ0n) is 25.0. The van der Waals surface area contributed by atoms with Gasteiger partial charge in [0.15, 0.2) is 11.6 Å². The molecule has 1 spiro atoms. The van der Waals surface area contributed by atoms with Crippen molar-refractivity contribution in [2.75, 3.05) is 23.7 Å². The zero-order chi connectivity index (χ0) is 31.1. The van der Waals surface area contributed by atoms with Gasteiger partial charge in [-0.2, -0.15) is 5.26 Å². The SMILES string of the molecule is Cc1nnc(N[C@H](C(=O)N2C[C@@H]3[C@H]4C[C@@H]([C@@H]3[C@H]2C(=O)N2C[C@@]3(CC2C#N)Oc2cccnc2NC3=O)[C@H](F)C4)C(C)(C)C)o1. The van der Waals surface area contributed by atoms with Gasteiger partial charge in [-0.3, -0.25) is 14.4 Å². The molecule has 2 aliphatic carbocycles. The second-order valence-corrected chi connectivity index (χ2v) is 13.9. The number of carbonyl (C=O) groups excluding carboxylic acids is 3. The van der Waals surface area contributed by atoms with E-state index in [4.69, 9.17) is 9.15 Å². The summed E-state index contributed by atoms with van der Waals surface area (Å²) >= 11 is 0. The lowest BCUT2D eigenvalue weighted by molar-refractivity contribution is -0.148. The van der Waals surface area contributed by atoms with Crippen LogP contribution in [0.3, 0.4) is 0 Å². The first kappa shape index (κ1) is 28.5. The third-order valence-electron chi connectivity index (χ3n) is 10.2. The quantitative estimate of drug-likeness (QED) is 0.527. The van der Waals surface area contributed by atoms with E-state index in [0.717, 1.165) is 0 Å². The maximum atomic E-state index is 15.3. The average Bonchev–Trinajstić information content (AvgIpc) is 3.78. The highest BCUT2D eigenvalue weighted by atomic mass is 19.1. The Morgan fingerprint density at radius 1 is 1.25 bits per heavy atom. The van der Waals surface area contributed by atoms with Crippen molar-refractivity contribution in [1.29, 1.82) is 5.26 Å². The number of nitrogens with one attached hydrogen (secondary N) is 2. The summed E-state index contributed by atoms with van der Waals surface area (Å²) in [5.74, 6) is -1.08. The Morgan fingerprint density at radius 3 is 2.75 bits per heavy atom. The molecule has 3 aliphatic heterocycles. The topological polar surface area (TPSA) is 167 Å². The smallest absolute Gasteiger partial charge is 0.316 e. The molecule has 3 amide bonds. The summed E-state index contributed by atoms with van der Waals surface area (Å²) in [6.07, 6.45) is 1.51. The molecule has 2 aromatic heterocycles. The van der Waals surface area contributed by atoms with Gasteiger partial charge in [0.25, 0.3) is 5.91 Å². The molecule has 9 atom stereocenters. The van der Waals surface area contributed by atoms with Crippen LogP contribution in [0, 0.1) is 47.3 Å². The standard InChI is InChI=1S/C30H35FN8O5/c1-14-36-37-28(43-14)34-23(29(2,3)4)26(41)38-12-18-15-8-17(19(31)9-15)21(18)22(38)25(40)39-13-30(10-16(39)11-32)27(42)35-24-20(44-30)6-5-7-33-24/h5-7,15-19,21-23H,8-10,12-13H2,1-4H3,(H,34,37)(H,33,35,42)/t15-,16?,17+,18+,19+,21-,22-,23+,30+/m0/s1. The lowest BCUT2D eigenvalue weighted by Crippen LogP contribution is -2.58. The molecule has 1 unspecified atom stereocenters. The van der Waals surface area contributed by atoms with Gasteiger partial charge >= 0.3 is 6.01 Å². The number of hydrogen-bond acceptors (Lipinski definition) is 10. The molecule has 0 radical (unpaired) electrons. The van der Waals surface area contributed by atoms with Crippen LogP contribution in [-0.2, 0) is 14.4 Å². The normalized spacial score (nSPS) is 34.3. The molecule has 2 saturated carbocycles. The fourth-order valence-electron chi connectivity index (χ4n) is 8.22. The number of alkyl halides is 1. The molecule has 5 aliphatic rings. The minimum atomic E-state index is -1.50. The number of nitriles is 1. The number of pyridine rings is 1. The number of halogens is 1. The van der Waals surface area contributed by atoms with Crippen LogP contribution in [0.15, 0.2) is 22.7 Å². The van der Waals surface area contributed by atoms with E-state index in [9.17, 15) is 19.6 Å². The highest BCUT2D eigenvalue weighted by Crippen LogP contribution is 2.59. The van der Waals surface area contributed by atoms with Crippen LogP contribution in [0.4, 0.5) is 16.2 Å². The Bertz CT molecular complexity index is 1570. The molecule has 13 nitrogen and oxygen atoms in total. The predicted octanol–water partition coefficient (Wildman–Crippen LogP) is 2.32.